The van der Waals surface area contributed by atoms with Crippen molar-refractivity contribution in [2.45, 2.75) is 25.7 Å². The second-order valence-electron chi connectivity index (χ2n) is 7.49. The van der Waals surface area contributed by atoms with Crippen LogP contribution in [0.1, 0.15) is 24.8 Å². The first-order valence-corrected chi connectivity index (χ1v) is 9.16. The Balaban J connectivity index is 1.44. The summed E-state index contributed by atoms with van der Waals surface area (Å²) in [4.78, 5) is 28.2. The van der Waals surface area contributed by atoms with Crippen molar-refractivity contribution in [3.05, 3.63) is 23.8 Å². The van der Waals surface area contributed by atoms with Gasteiger partial charge in [0.15, 0.2) is 0 Å². The number of urea groups is 1. The molecule has 0 aliphatic carbocycles. The number of carbonyl (C=O) groups excluding carboxylic acids is 2. The topological polar surface area (TPSA) is 71.1 Å². The van der Waals surface area contributed by atoms with Gasteiger partial charge >= 0.3 is 6.03 Å². The van der Waals surface area contributed by atoms with Crippen molar-refractivity contribution in [2.75, 3.05) is 50.4 Å². The van der Waals surface area contributed by atoms with Gasteiger partial charge < -0.3 is 19.7 Å². The van der Waals surface area contributed by atoms with E-state index in [1.54, 1.807) is 12.0 Å². The van der Waals surface area contributed by atoms with E-state index in [2.05, 4.69) is 5.32 Å². The molecule has 7 heteroatoms. The van der Waals surface area contributed by atoms with Crippen LogP contribution >= 0.6 is 0 Å². The molecular formula is C19H25N3O4. The molecule has 1 aromatic carbocycles. The van der Waals surface area contributed by atoms with Crippen LogP contribution in [-0.2, 0) is 20.7 Å². The Morgan fingerprint density at radius 2 is 2.23 bits per heavy atom. The van der Waals surface area contributed by atoms with E-state index in [0.717, 1.165) is 56.1 Å². The number of amides is 3. The van der Waals surface area contributed by atoms with Crippen molar-refractivity contribution in [3.63, 3.8) is 0 Å². The van der Waals surface area contributed by atoms with Crippen LogP contribution < -0.4 is 10.2 Å². The summed E-state index contributed by atoms with van der Waals surface area (Å²) in [5, 5.41) is 3.01. The smallest absolute Gasteiger partial charge is 0.321 e. The highest BCUT2D eigenvalue weighted by molar-refractivity contribution is 5.97. The lowest BCUT2D eigenvalue weighted by atomic mass is 9.87. The van der Waals surface area contributed by atoms with Gasteiger partial charge in [0.05, 0.1) is 6.61 Å². The van der Waals surface area contributed by atoms with Gasteiger partial charge in [-0.25, -0.2) is 4.79 Å². The summed E-state index contributed by atoms with van der Waals surface area (Å²) in [5.74, 6) is 0.0669. The maximum Gasteiger partial charge on any atom is 0.321 e. The molecule has 0 radical (unpaired) electrons. The quantitative estimate of drug-likeness (QED) is 0.898. The average molecular weight is 359 g/mol. The molecular weight excluding hydrogens is 334 g/mol. The van der Waals surface area contributed by atoms with Crippen LogP contribution in [0.3, 0.4) is 0 Å². The Kier molecular flexibility index (Phi) is 4.58. The van der Waals surface area contributed by atoms with E-state index in [0.29, 0.717) is 12.8 Å². The molecule has 3 aliphatic rings. The molecule has 1 aromatic rings. The van der Waals surface area contributed by atoms with Crippen LogP contribution in [0.25, 0.3) is 0 Å². The molecule has 1 N–H and O–H groups in total. The number of anilines is 2. The molecule has 140 valence electrons. The first kappa shape index (κ1) is 17.3. The van der Waals surface area contributed by atoms with E-state index >= 15 is 0 Å². The predicted molar refractivity (Wildman–Crippen MR) is 97.2 cm³/mol. The number of rotatable bonds is 3. The third-order valence-corrected chi connectivity index (χ3v) is 5.70. The second-order valence-corrected chi connectivity index (χ2v) is 7.49. The number of benzene rings is 1. The van der Waals surface area contributed by atoms with Gasteiger partial charge in [0, 0.05) is 50.0 Å². The van der Waals surface area contributed by atoms with Crippen LogP contribution in [-0.4, -0.2) is 57.0 Å². The minimum Gasteiger partial charge on any atom is -0.381 e. The van der Waals surface area contributed by atoms with Gasteiger partial charge in [0.2, 0.25) is 5.91 Å². The van der Waals surface area contributed by atoms with E-state index in [1.165, 1.54) is 0 Å². The van der Waals surface area contributed by atoms with Crippen molar-refractivity contribution in [1.29, 1.82) is 0 Å². The summed E-state index contributed by atoms with van der Waals surface area (Å²) in [7, 11) is 1.58. The summed E-state index contributed by atoms with van der Waals surface area (Å²) in [6.45, 7) is 3.35. The van der Waals surface area contributed by atoms with E-state index in [-0.39, 0.29) is 24.1 Å². The third kappa shape index (κ3) is 3.17. The SMILES string of the molecule is COCN1C(=O)CCc2cc(NC(=O)N3CCC4(CCOC4)C3)ccc21. The van der Waals surface area contributed by atoms with Crippen molar-refractivity contribution in [1.82, 2.24) is 4.90 Å². The monoisotopic (exact) mass is 359 g/mol. The largest absolute Gasteiger partial charge is 0.381 e. The average Bonchev–Trinajstić information content (AvgIpc) is 3.28. The predicted octanol–water partition coefficient (Wildman–Crippen LogP) is 2.21. The van der Waals surface area contributed by atoms with Crippen LogP contribution in [0.15, 0.2) is 18.2 Å². The number of likely N-dealkylation sites (tertiary alicyclic amines) is 1. The van der Waals surface area contributed by atoms with Gasteiger partial charge in [0.25, 0.3) is 0 Å². The van der Waals surface area contributed by atoms with E-state index < -0.39 is 0 Å². The zero-order valence-electron chi connectivity index (χ0n) is 15.1. The minimum atomic E-state index is -0.0608. The van der Waals surface area contributed by atoms with E-state index in [1.807, 2.05) is 23.1 Å². The molecule has 1 unspecified atom stereocenters. The van der Waals surface area contributed by atoms with Gasteiger partial charge in [-0.1, -0.05) is 0 Å². The maximum atomic E-state index is 12.6. The number of hydrogen-bond donors (Lipinski definition) is 1. The Morgan fingerprint density at radius 1 is 1.35 bits per heavy atom. The maximum absolute atomic E-state index is 12.6. The number of fused-ring (bicyclic) bond motifs is 1. The van der Waals surface area contributed by atoms with Gasteiger partial charge in [-0.05, 0) is 43.0 Å². The summed E-state index contributed by atoms with van der Waals surface area (Å²) in [6.07, 6.45) is 3.20. The molecule has 3 aliphatic heterocycles. The van der Waals surface area contributed by atoms with Crippen molar-refractivity contribution < 1.29 is 19.1 Å². The third-order valence-electron chi connectivity index (χ3n) is 5.70. The van der Waals surface area contributed by atoms with Crippen LogP contribution in [0, 0.1) is 5.41 Å². The van der Waals surface area contributed by atoms with Crippen molar-refractivity contribution in [3.8, 4) is 0 Å². The molecule has 4 rings (SSSR count). The number of carbonyl (C=O) groups is 2. The number of aryl methyl sites for hydroxylation is 1. The van der Waals surface area contributed by atoms with Crippen LogP contribution in [0.2, 0.25) is 0 Å². The zero-order valence-corrected chi connectivity index (χ0v) is 15.1. The molecule has 0 aromatic heterocycles. The standard InChI is InChI=1S/C19H25N3O4/c1-25-13-22-16-4-3-15(10-14(16)2-5-17(22)23)20-18(24)21-8-6-19(11-21)7-9-26-12-19/h3-4,10H,2,5-9,11-13H2,1H3,(H,20,24). The molecule has 3 amide bonds. The summed E-state index contributed by atoms with van der Waals surface area (Å²) in [5.41, 5.74) is 2.85. The fourth-order valence-corrected chi connectivity index (χ4v) is 4.19. The second kappa shape index (κ2) is 6.89. The lowest BCUT2D eigenvalue weighted by molar-refractivity contribution is -0.119. The zero-order chi connectivity index (χ0) is 18.1. The number of nitrogens with zero attached hydrogens (tertiary/aromatic N) is 2. The van der Waals surface area contributed by atoms with Gasteiger partial charge in [0.1, 0.15) is 6.73 Å². The Morgan fingerprint density at radius 3 is 3.00 bits per heavy atom. The molecule has 1 spiro atoms. The summed E-state index contributed by atoms with van der Waals surface area (Å²) in [6, 6.07) is 5.64. The molecule has 2 saturated heterocycles. The number of nitrogens with one attached hydrogen (secondary N) is 1. The molecule has 3 heterocycles. The lowest BCUT2D eigenvalue weighted by Gasteiger charge is -2.29. The molecule has 2 fully saturated rings. The normalized spacial score (nSPS) is 25.0. The minimum absolute atomic E-state index is 0.0608. The molecule has 7 nitrogen and oxygen atoms in total. The number of hydrogen-bond acceptors (Lipinski definition) is 4. The fourth-order valence-electron chi connectivity index (χ4n) is 4.19. The molecule has 26 heavy (non-hydrogen) atoms. The number of ether oxygens (including phenoxy) is 2. The fraction of sp³-hybridized carbons (Fsp3) is 0.579. The van der Waals surface area contributed by atoms with Crippen molar-refractivity contribution >= 4 is 23.3 Å². The van der Waals surface area contributed by atoms with Gasteiger partial charge in [-0.3, -0.25) is 9.69 Å². The van der Waals surface area contributed by atoms with E-state index in [4.69, 9.17) is 9.47 Å². The first-order chi connectivity index (χ1) is 12.6. The van der Waals surface area contributed by atoms with Gasteiger partial charge in [-0.2, -0.15) is 0 Å². The Hall–Kier alpha value is -2.12. The molecule has 0 bridgehead atoms. The highest BCUT2D eigenvalue weighted by Crippen LogP contribution is 2.38. The molecule has 1 atom stereocenters. The van der Waals surface area contributed by atoms with Crippen LogP contribution in [0.4, 0.5) is 16.2 Å². The Labute approximate surface area is 153 Å². The molecule has 0 saturated carbocycles. The first-order valence-electron chi connectivity index (χ1n) is 9.16. The van der Waals surface area contributed by atoms with Gasteiger partial charge in [-0.15, -0.1) is 0 Å². The van der Waals surface area contributed by atoms with Crippen molar-refractivity contribution in [2.24, 2.45) is 5.41 Å². The number of methoxy groups -OCH3 is 1. The highest BCUT2D eigenvalue weighted by atomic mass is 16.5. The lowest BCUT2D eigenvalue weighted by Crippen LogP contribution is -2.37. The summed E-state index contributed by atoms with van der Waals surface area (Å²) >= 11 is 0. The Bertz CT molecular complexity index is 715. The summed E-state index contributed by atoms with van der Waals surface area (Å²) < 4.78 is 10.7. The highest BCUT2D eigenvalue weighted by Gasteiger charge is 2.42. The van der Waals surface area contributed by atoms with Crippen LogP contribution in [0.5, 0.6) is 0 Å². The van der Waals surface area contributed by atoms with E-state index in [9.17, 15) is 9.59 Å².